The lowest BCUT2D eigenvalue weighted by Gasteiger charge is -2.21. The van der Waals surface area contributed by atoms with Gasteiger partial charge in [-0.25, -0.2) is 0 Å². The van der Waals surface area contributed by atoms with Gasteiger partial charge in [0.05, 0.1) is 0 Å². The third kappa shape index (κ3) is 2.36. The Morgan fingerprint density at radius 1 is 1.19 bits per heavy atom. The number of esters is 1. The molecule has 0 unspecified atom stereocenters. The molecule has 21 heavy (non-hydrogen) atoms. The first-order chi connectivity index (χ1) is 9.97. The fourth-order valence-electron chi connectivity index (χ4n) is 2.58. The highest BCUT2D eigenvalue weighted by Crippen LogP contribution is 2.37. The van der Waals surface area contributed by atoms with Gasteiger partial charge in [0, 0.05) is 10.6 Å². The first-order valence-corrected chi connectivity index (χ1v) is 6.93. The average molecular weight is 305 g/mol. The van der Waals surface area contributed by atoms with Crippen LogP contribution in [-0.2, 0) is 14.3 Å². The van der Waals surface area contributed by atoms with Crippen LogP contribution in [-0.4, -0.2) is 17.9 Å². The quantitative estimate of drug-likeness (QED) is 0.621. The Hall–Kier alpha value is -2.07. The van der Waals surface area contributed by atoms with Crippen molar-refractivity contribution in [2.45, 2.75) is 20.0 Å². The molecule has 1 aromatic carbocycles. The highest BCUT2D eigenvalue weighted by Gasteiger charge is 2.44. The molecule has 0 radical (unpaired) electrons. The van der Waals surface area contributed by atoms with Gasteiger partial charge in [-0.3, -0.25) is 9.59 Å². The van der Waals surface area contributed by atoms with Crippen LogP contribution in [0.4, 0.5) is 0 Å². The summed E-state index contributed by atoms with van der Waals surface area (Å²) in [5.74, 6) is -0.460. The van der Waals surface area contributed by atoms with Crippen LogP contribution in [0.3, 0.4) is 0 Å². The van der Waals surface area contributed by atoms with E-state index in [-0.39, 0.29) is 17.5 Å². The second-order valence-electron chi connectivity index (χ2n) is 5.11. The summed E-state index contributed by atoms with van der Waals surface area (Å²) in [4.78, 5) is 24.4. The lowest BCUT2D eigenvalue weighted by molar-refractivity contribution is -0.146. The van der Waals surface area contributed by atoms with Crippen LogP contribution in [0.2, 0.25) is 5.02 Å². The van der Waals surface area contributed by atoms with Gasteiger partial charge in [-0.15, -0.1) is 0 Å². The van der Waals surface area contributed by atoms with Gasteiger partial charge in [-0.05, 0) is 49.8 Å². The van der Waals surface area contributed by atoms with Crippen LogP contribution < -0.4 is 0 Å². The van der Waals surface area contributed by atoms with Crippen molar-refractivity contribution >= 4 is 23.4 Å². The Kier molecular flexibility index (Phi) is 3.33. The minimum absolute atomic E-state index is 0.218. The fraction of sp³-hybridized carbons (Fsp3) is 0.250. The Morgan fingerprint density at radius 3 is 2.52 bits per heavy atom. The minimum atomic E-state index is -0.542. The maximum atomic E-state index is 12.5. The number of ether oxygens (including phenoxy) is 2. The van der Waals surface area contributed by atoms with Crippen molar-refractivity contribution in [1.29, 1.82) is 0 Å². The monoisotopic (exact) mass is 304 g/mol. The Balaban J connectivity index is 1.94. The maximum Gasteiger partial charge on any atom is 0.322 e. The first kappa shape index (κ1) is 13.9. The fourth-order valence-corrected chi connectivity index (χ4v) is 2.70. The van der Waals surface area contributed by atoms with E-state index in [4.69, 9.17) is 21.1 Å². The summed E-state index contributed by atoms with van der Waals surface area (Å²) in [6, 6.07) is 6.56. The van der Waals surface area contributed by atoms with Gasteiger partial charge in [0.15, 0.2) is 5.76 Å². The smallest absolute Gasteiger partial charge is 0.322 e. The van der Waals surface area contributed by atoms with Gasteiger partial charge in [0.1, 0.15) is 17.8 Å². The first-order valence-electron chi connectivity index (χ1n) is 6.55. The average Bonchev–Trinajstić information content (AvgIpc) is 2.76. The van der Waals surface area contributed by atoms with E-state index >= 15 is 0 Å². The third-order valence-electron chi connectivity index (χ3n) is 3.63. The summed E-state index contributed by atoms with van der Waals surface area (Å²) >= 11 is 5.82. The number of hydrogen-bond acceptors (Lipinski definition) is 4. The zero-order valence-corrected chi connectivity index (χ0v) is 12.3. The van der Waals surface area contributed by atoms with Crippen molar-refractivity contribution in [1.82, 2.24) is 0 Å². The summed E-state index contributed by atoms with van der Waals surface area (Å²) in [6.45, 7) is 3.41. The number of Topliss-reactive ketones (excluding diaryl/α,β-unsaturated/α-hetero) is 1. The molecule has 2 heterocycles. The Labute approximate surface area is 127 Å². The molecule has 0 saturated carbocycles. The van der Waals surface area contributed by atoms with E-state index in [0.717, 1.165) is 0 Å². The van der Waals surface area contributed by atoms with Crippen molar-refractivity contribution in [2.24, 2.45) is 5.92 Å². The zero-order valence-electron chi connectivity index (χ0n) is 11.6. The number of benzene rings is 1. The van der Waals surface area contributed by atoms with Gasteiger partial charge in [-0.2, -0.15) is 0 Å². The lowest BCUT2D eigenvalue weighted by atomic mass is 9.93. The minimum Gasteiger partial charge on any atom is -0.481 e. The highest BCUT2D eigenvalue weighted by atomic mass is 35.5. The number of halogens is 1. The molecule has 4 nitrogen and oxygen atoms in total. The summed E-state index contributed by atoms with van der Waals surface area (Å²) in [5.41, 5.74) is 1.08. The molecule has 0 fully saturated rings. The lowest BCUT2D eigenvalue weighted by Crippen LogP contribution is -2.30. The number of fused-ring (bicyclic) bond motifs is 1. The second-order valence-corrected chi connectivity index (χ2v) is 5.54. The van der Waals surface area contributed by atoms with E-state index < -0.39 is 12.0 Å². The van der Waals surface area contributed by atoms with Crippen molar-refractivity contribution in [2.75, 3.05) is 0 Å². The van der Waals surface area contributed by atoms with Crippen LogP contribution in [0, 0.1) is 5.92 Å². The van der Waals surface area contributed by atoms with Crippen molar-refractivity contribution < 1.29 is 19.1 Å². The van der Waals surface area contributed by atoms with Gasteiger partial charge < -0.3 is 9.47 Å². The number of carbonyl (C=O) groups excluding carboxylic acids is 2. The molecular formula is C16H13ClO4. The molecule has 1 aromatic rings. The van der Waals surface area contributed by atoms with E-state index in [0.29, 0.717) is 21.9 Å². The number of cyclic esters (lactones) is 1. The molecule has 0 aromatic heterocycles. The number of hydrogen-bond donors (Lipinski definition) is 0. The molecule has 0 saturated heterocycles. The number of rotatable bonds is 2. The van der Waals surface area contributed by atoms with Crippen LogP contribution in [0.15, 0.2) is 47.4 Å². The van der Waals surface area contributed by atoms with Gasteiger partial charge >= 0.3 is 5.97 Å². The predicted octanol–water partition coefficient (Wildman–Crippen LogP) is 3.27. The van der Waals surface area contributed by atoms with E-state index in [1.165, 1.54) is 0 Å². The molecule has 2 aliphatic heterocycles. The van der Waals surface area contributed by atoms with E-state index in [1.807, 2.05) is 0 Å². The molecule has 5 heteroatoms. The molecule has 0 spiro atoms. The predicted molar refractivity (Wildman–Crippen MR) is 76.7 cm³/mol. The van der Waals surface area contributed by atoms with Crippen molar-refractivity contribution in [3.05, 3.63) is 58.0 Å². The van der Waals surface area contributed by atoms with E-state index in [2.05, 4.69) is 0 Å². The standard InChI is InChI=1S/C16H13ClO4/c1-8-7-12-13(16(19)20-8)9(2)15(21-12)14(18)10-3-5-11(17)6-4-10/h3-7,12-13H,1-2H3/t12-,13+/m0/s1. The van der Waals surface area contributed by atoms with Crippen molar-refractivity contribution in [3.63, 3.8) is 0 Å². The van der Waals surface area contributed by atoms with Gasteiger partial charge in [0.2, 0.25) is 5.78 Å². The molecule has 0 amide bonds. The number of allylic oxidation sites excluding steroid dienone is 2. The van der Waals surface area contributed by atoms with Gasteiger partial charge in [0.25, 0.3) is 0 Å². The molecule has 108 valence electrons. The third-order valence-corrected chi connectivity index (χ3v) is 3.89. The molecular weight excluding hydrogens is 292 g/mol. The molecule has 0 bridgehead atoms. The molecule has 2 atom stereocenters. The molecule has 0 N–H and O–H groups in total. The van der Waals surface area contributed by atoms with E-state index in [1.54, 1.807) is 44.2 Å². The van der Waals surface area contributed by atoms with Crippen LogP contribution in [0.1, 0.15) is 24.2 Å². The summed E-state index contributed by atoms with van der Waals surface area (Å²) in [5, 5.41) is 0.556. The number of carbonyl (C=O) groups is 2. The van der Waals surface area contributed by atoms with Gasteiger partial charge in [-0.1, -0.05) is 11.6 Å². The summed E-state index contributed by atoms with van der Waals surface area (Å²) < 4.78 is 10.8. The van der Waals surface area contributed by atoms with Crippen LogP contribution in [0.5, 0.6) is 0 Å². The van der Waals surface area contributed by atoms with Crippen LogP contribution >= 0.6 is 11.6 Å². The SMILES string of the molecule is CC1=C[C@@H]2OC(C(=O)c3ccc(Cl)cc3)=C(C)[C@H]2C(=O)O1. The van der Waals surface area contributed by atoms with Crippen LogP contribution in [0.25, 0.3) is 0 Å². The van der Waals surface area contributed by atoms with E-state index in [9.17, 15) is 9.59 Å². The largest absolute Gasteiger partial charge is 0.481 e. The Morgan fingerprint density at radius 2 is 1.86 bits per heavy atom. The summed E-state index contributed by atoms with van der Waals surface area (Å²) in [7, 11) is 0. The maximum absolute atomic E-state index is 12.5. The molecule has 2 aliphatic rings. The molecule has 3 rings (SSSR count). The summed E-state index contributed by atoms with van der Waals surface area (Å²) in [6.07, 6.45) is 1.26. The number of ketones is 1. The Bertz CT molecular complexity index is 685. The normalized spacial score (nSPS) is 24.1. The molecule has 0 aliphatic carbocycles. The van der Waals surface area contributed by atoms with Crippen molar-refractivity contribution in [3.8, 4) is 0 Å². The highest BCUT2D eigenvalue weighted by molar-refractivity contribution is 6.30. The zero-order chi connectivity index (χ0) is 15.1. The second kappa shape index (κ2) is 5.04. The topological polar surface area (TPSA) is 52.6 Å².